The van der Waals surface area contributed by atoms with Crippen LogP contribution in [0.4, 0.5) is 5.69 Å². The maximum absolute atomic E-state index is 12.4. The molecule has 35 heavy (non-hydrogen) atoms. The van der Waals surface area contributed by atoms with E-state index in [-0.39, 0.29) is 0 Å². The summed E-state index contributed by atoms with van der Waals surface area (Å²) in [5.41, 5.74) is 3.86. The lowest BCUT2D eigenvalue weighted by atomic mass is 10.0. The summed E-state index contributed by atoms with van der Waals surface area (Å²) < 4.78 is 11.2. The van der Waals surface area contributed by atoms with Gasteiger partial charge in [0, 0.05) is 60.6 Å². The molecule has 0 bridgehead atoms. The van der Waals surface area contributed by atoms with Crippen LogP contribution in [0.15, 0.2) is 79.0 Å². The second-order valence-corrected chi connectivity index (χ2v) is 8.69. The summed E-state index contributed by atoms with van der Waals surface area (Å²) in [6.45, 7) is 3.32. The van der Waals surface area contributed by atoms with Crippen molar-refractivity contribution in [1.82, 2.24) is 9.88 Å². The van der Waals surface area contributed by atoms with E-state index in [0.717, 1.165) is 52.3 Å². The average Bonchev–Trinajstić information content (AvgIpc) is 3.31. The molecule has 0 unspecified atom stereocenters. The fourth-order valence-electron chi connectivity index (χ4n) is 4.70. The summed E-state index contributed by atoms with van der Waals surface area (Å²) in [6.07, 6.45) is 1.82. The van der Waals surface area contributed by atoms with Crippen LogP contribution < -0.4 is 14.4 Å². The maximum Gasteiger partial charge on any atom is 0.325 e. The minimum atomic E-state index is -0.840. The molecule has 7 heteroatoms. The number of aromatic nitrogens is 1. The van der Waals surface area contributed by atoms with Crippen molar-refractivity contribution in [3.8, 4) is 11.5 Å². The molecule has 1 atom stereocenters. The van der Waals surface area contributed by atoms with Crippen molar-refractivity contribution < 1.29 is 19.4 Å². The first-order chi connectivity index (χ1) is 17.1. The van der Waals surface area contributed by atoms with Crippen molar-refractivity contribution in [2.24, 2.45) is 0 Å². The molecule has 1 fully saturated rings. The number of benzene rings is 3. The van der Waals surface area contributed by atoms with Crippen LogP contribution >= 0.6 is 0 Å². The van der Waals surface area contributed by atoms with E-state index < -0.39 is 12.0 Å². The summed E-state index contributed by atoms with van der Waals surface area (Å²) in [6, 6.07) is 23.1. The van der Waals surface area contributed by atoms with Crippen LogP contribution in [0.25, 0.3) is 10.9 Å². The lowest BCUT2D eigenvalue weighted by Crippen LogP contribution is -2.49. The number of carbonyl (C=O) groups is 1. The number of piperazine rings is 1. The highest BCUT2D eigenvalue weighted by atomic mass is 16.5. The standard InChI is InChI=1S/C28H29N3O4/c1-34-22-9-7-21(8-10-22)30-13-15-31(16-14-30)27(28(32)33)25-18-29-26-17-23(11-12-24(25)26)35-19-20-5-3-2-4-6-20/h2-12,17-18,27,29H,13-16,19H2,1H3,(H,32,33)/t27-/m1/s1. The number of anilines is 1. The number of carboxylic acids is 1. The van der Waals surface area contributed by atoms with Gasteiger partial charge in [-0.2, -0.15) is 0 Å². The third kappa shape index (κ3) is 4.95. The third-order valence-corrected chi connectivity index (χ3v) is 6.58. The lowest BCUT2D eigenvalue weighted by molar-refractivity contribution is -0.143. The monoisotopic (exact) mass is 471 g/mol. The molecule has 0 radical (unpaired) electrons. The normalized spacial score (nSPS) is 15.2. The Labute approximate surface area is 204 Å². The number of methoxy groups -OCH3 is 1. The smallest absolute Gasteiger partial charge is 0.325 e. The number of hydrogen-bond donors (Lipinski definition) is 2. The zero-order chi connectivity index (χ0) is 24.2. The Balaban J connectivity index is 1.29. The van der Waals surface area contributed by atoms with E-state index in [2.05, 4.69) is 9.88 Å². The third-order valence-electron chi connectivity index (χ3n) is 6.58. The topological polar surface area (TPSA) is 78.0 Å². The Morgan fingerprint density at radius 1 is 0.971 bits per heavy atom. The summed E-state index contributed by atoms with van der Waals surface area (Å²) in [4.78, 5) is 20.0. The zero-order valence-corrected chi connectivity index (χ0v) is 19.7. The highest BCUT2D eigenvalue weighted by molar-refractivity contribution is 5.90. The summed E-state index contributed by atoms with van der Waals surface area (Å²) >= 11 is 0. The summed E-state index contributed by atoms with van der Waals surface area (Å²) in [5.74, 6) is 0.731. The van der Waals surface area contributed by atoms with Crippen molar-refractivity contribution in [2.45, 2.75) is 12.6 Å². The van der Waals surface area contributed by atoms with E-state index >= 15 is 0 Å². The average molecular weight is 472 g/mol. The fraction of sp³-hybridized carbons (Fsp3) is 0.250. The molecular formula is C28H29N3O4. The van der Waals surface area contributed by atoms with Crippen molar-refractivity contribution in [3.63, 3.8) is 0 Å². The van der Waals surface area contributed by atoms with Gasteiger partial charge < -0.3 is 24.5 Å². The van der Waals surface area contributed by atoms with Crippen molar-refractivity contribution in [3.05, 3.63) is 90.1 Å². The number of aromatic amines is 1. The van der Waals surface area contributed by atoms with E-state index in [4.69, 9.17) is 9.47 Å². The SMILES string of the molecule is COc1ccc(N2CCN([C@@H](C(=O)O)c3c[nH]c4cc(OCc5ccccc5)ccc34)CC2)cc1. The second kappa shape index (κ2) is 10.1. The molecule has 4 aromatic rings. The van der Waals surface area contributed by atoms with Crippen LogP contribution in [0, 0.1) is 0 Å². The van der Waals surface area contributed by atoms with E-state index in [1.807, 2.05) is 83.9 Å². The van der Waals surface area contributed by atoms with Gasteiger partial charge in [0.15, 0.2) is 0 Å². The summed E-state index contributed by atoms with van der Waals surface area (Å²) in [5, 5.41) is 11.1. The van der Waals surface area contributed by atoms with E-state index in [9.17, 15) is 9.90 Å². The first-order valence-electron chi connectivity index (χ1n) is 11.8. The molecule has 0 spiro atoms. The molecule has 1 aromatic heterocycles. The second-order valence-electron chi connectivity index (χ2n) is 8.69. The van der Waals surface area contributed by atoms with Gasteiger partial charge in [-0.25, -0.2) is 0 Å². The number of hydrogen-bond acceptors (Lipinski definition) is 5. The largest absolute Gasteiger partial charge is 0.497 e. The van der Waals surface area contributed by atoms with E-state index in [0.29, 0.717) is 19.7 Å². The van der Waals surface area contributed by atoms with Crippen LogP contribution in [0.1, 0.15) is 17.2 Å². The Bertz CT molecular complexity index is 1280. The molecule has 3 aromatic carbocycles. The predicted octanol–water partition coefficient (Wildman–Crippen LogP) is 4.70. The van der Waals surface area contributed by atoms with Gasteiger partial charge in [0.1, 0.15) is 24.1 Å². The first kappa shape index (κ1) is 22.8. The molecule has 5 rings (SSSR count). The van der Waals surface area contributed by atoms with Gasteiger partial charge in [-0.3, -0.25) is 9.69 Å². The van der Waals surface area contributed by atoms with Crippen molar-refractivity contribution in [2.75, 3.05) is 38.2 Å². The Morgan fingerprint density at radius 3 is 2.37 bits per heavy atom. The van der Waals surface area contributed by atoms with Gasteiger partial charge in [0.05, 0.1) is 7.11 Å². The van der Waals surface area contributed by atoms with Gasteiger partial charge >= 0.3 is 5.97 Å². The fourth-order valence-corrected chi connectivity index (χ4v) is 4.70. The Hall–Kier alpha value is -3.97. The van der Waals surface area contributed by atoms with Gasteiger partial charge in [-0.15, -0.1) is 0 Å². The molecule has 1 aliphatic heterocycles. The summed E-state index contributed by atoms with van der Waals surface area (Å²) in [7, 11) is 1.66. The zero-order valence-electron chi connectivity index (χ0n) is 19.7. The number of fused-ring (bicyclic) bond motifs is 1. The number of H-pyrrole nitrogens is 1. The van der Waals surface area contributed by atoms with Gasteiger partial charge in [-0.05, 0) is 42.0 Å². The Morgan fingerprint density at radius 2 is 1.69 bits per heavy atom. The molecule has 1 saturated heterocycles. The quantitative estimate of drug-likeness (QED) is 0.388. The minimum absolute atomic E-state index is 0.482. The lowest BCUT2D eigenvalue weighted by Gasteiger charge is -2.38. The number of carboxylic acid groups (broad SMARTS) is 1. The number of rotatable bonds is 8. The maximum atomic E-state index is 12.4. The number of aliphatic carboxylic acids is 1. The molecule has 2 N–H and O–H groups in total. The van der Waals surface area contributed by atoms with Crippen LogP contribution in [0.5, 0.6) is 11.5 Å². The van der Waals surface area contributed by atoms with Crippen LogP contribution in [0.2, 0.25) is 0 Å². The molecule has 2 heterocycles. The highest BCUT2D eigenvalue weighted by Gasteiger charge is 2.32. The first-order valence-corrected chi connectivity index (χ1v) is 11.8. The molecule has 1 aliphatic rings. The number of nitrogens with one attached hydrogen (secondary N) is 1. The molecule has 0 saturated carbocycles. The molecule has 0 amide bonds. The highest BCUT2D eigenvalue weighted by Crippen LogP contribution is 2.32. The van der Waals surface area contributed by atoms with Crippen LogP contribution in [-0.2, 0) is 11.4 Å². The van der Waals surface area contributed by atoms with Gasteiger partial charge in [0.25, 0.3) is 0 Å². The molecular weight excluding hydrogens is 442 g/mol. The number of nitrogens with zero attached hydrogens (tertiary/aromatic N) is 2. The molecule has 180 valence electrons. The van der Waals surface area contributed by atoms with Crippen LogP contribution in [0.3, 0.4) is 0 Å². The Kier molecular flexibility index (Phi) is 6.59. The van der Waals surface area contributed by atoms with Crippen molar-refractivity contribution >= 4 is 22.6 Å². The van der Waals surface area contributed by atoms with Gasteiger partial charge in [-0.1, -0.05) is 30.3 Å². The van der Waals surface area contributed by atoms with Crippen LogP contribution in [-0.4, -0.2) is 54.2 Å². The van der Waals surface area contributed by atoms with Gasteiger partial charge in [0.2, 0.25) is 0 Å². The molecule has 0 aliphatic carbocycles. The molecule has 7 nitrogen and oxygen atoms in total. The minimum Gasteiger partial charge on any atom is -0.497 e. The van der Waals surface area contributed by atoms with E-state index in [1.165, 1.54) is 0 Å². The van der Waals surface area contributed by atoms with Crippen molar-refractivity contribution in [1.29, 1.82) is 0 Å². The van der Waals surface area contributed by atoms with E-state index in [1.54, 1.807) is 7.11 Å². The predicted molar refractivity (Wildman–Crippen MR) is 136 cm³/mol. The number of ether oxygens (including phenoxy) is 2.